The van der Waals surface area contributed by atoms with Crippen LogP contribution < -0.4 is 4.90 Å². The van der Waals surface area contributed by atoms with Crippen LogP contribution in [0, 0.1) is 19.3 Å². The van der Waals surface area contributed by atoms with Crippen LogP contribution in [0.5, 0.6) is 0 Å². The number of aromatic nitrogens is 3. The molecule has 1 aromatic rings. The predicted octanol–water partition coefficient (Wildman–Crippen LogP) is 1.57. The van der Waals surface area contributed by atoms with E-state index in [1.165, 1.54) is 0 Å². The Bertz CT molecular complexity index is 501. The number of piperidine rings is 1. The molecule has 1 unspecified atom stereocenters. The average molecular weight is 264 g/mol. The molecule has 2 heterocycles. The molecule has 0 amide bonds. The highest BCUT2D eigenvalue weighted by Gasteiger charge is 2.43. The van der Waals surface area contributed by atoms with Crippen molar-refractivity contribution in [3.8, 4) is 0 Å². The van der Waals surface area contributed by atoms with Gasteiger partial charge >= 0.3 is 5.97 Å². The quantitative estimate of drug-likeness (QED) is 0.873. The fourth-order valence-corrected chi connectivity index (χ4v) is 2.64. The smallest absolute Gasteiger partial charge is 0.326 e. The van der Waals surface area contributed by atoms with Crippen LogP contribution in [0.2, 0.25) is 0 Å². The average Bonchev–Trinajstić information content (AvgIpc) is 2.30. The van der Waals surface area contributed by atoms with E-state index in [-0.39, 0.29) is 5.41 Å². The van der Waals surface area contributed by atoms with Crippen molar-refractivity contribution >= 4 is 11.9 Å². The van der Waals surface area contributed by atoms with Crippen molar-refractivity contribution in [1.82, 2.24) is 15.2 Å². The maximum absolute atomic E-state index is 11.6. The predicted molar refractivity (Wildman–Crippen MR) is 71.1 cm³/mol. The zero-order valence-corrected chi connectivity index (χ0v) is 11.8. The van der Waals surface area contributed by atoms with Crippen molar-refractivity contribution in [3.05, 3.63) is 11.4 Å². The normalized spacial score (nSPS) is 22.3. The van der Waals surface area contributed by atoms with E-state index in [4.69, 9.17) is 0 Å². The van der Waals surface area contributed by atoms with Gasteiger partial charge in [-0.2, -0.15) is 5.10 Å². The van der Waals surface area contributed by atoms with E-state index in [0.29, 0.717) is 12.5 Å². The highest BCUT2D eigenvalue weighted by atomic mass is 16.4. The summed E-state index contributed by atoms with van der Waals surface area (Å²) >= 11 is 0. The van der Waals surface area contributed by atoms with Crippen LogP contribution >= 0.6 is 0 Å². The van der Waals surface area contributed by atoms with Crippen molar-refractivity contribution < 1.29 is 9.90 Å². The van der Waals surface area contributed by atoms with Gasteiger partial charge in [-0.15, -0.1) is 5.10 Å². The number of nitrogens with zero attached hydrogens (tertiary/aromatic N) is 4. The van der Waals surface area contributed by atoms with Crippen LogP contribution in [0.4, 0.5) is 5.95 Å². The molecular formula is C13H20N4O2. The first-order valence-corrected chi connectivity index (χ1v) is 6.50. The lowest BCUT2D eigenvalue weighted by molar-refractivity contribution is -0.142. The first-order chi connectivity index (χ1) is 8.83. The van der Waals surface area contributed by atoms with Gasteiger partial charge in [-0.3, -0.25) is 0 Å². The number of hydrogen-bond donors (Lipinski definition) is 1. The van der Waals surface area contributed by atoms with Gasteiger partial charge in [0, 0.05) is 6.54 Å². The molecule has 1 N–H and O–H groups in total. The summed E-state index contributed by atoms with van der Waals surface area (Å²) < 4.78 is 0. The minimum absolute atomic E-state index is 0.299. The van der Waals surface area contributed by atoms with E-state index in [1.807, 2.05) is 27.7 Å². The standard InChI is InChI=1S/C13H20N4O2/c1-8-9(2)15-16-12(14-8)17-7-5-6-13(3,4)10(17)11(18)19/h10H,5-7H2,1-4H3,(H,18,19). The zero-order chi connectivity index (χ0) is 14.2. The molecule has 1 aromatic heterocycles. The fraction of sp³-hybridized carbons (Fsp3) is 0.692. The third kappa shape index (κ3) is 2.52. The summed E-state index contributed by atoms with van der Waals surface area (Å²) in [6.45, 7) is 8.32. The Labute approximate surface area is 112 Å². The molecule has 1 aliphatic heterocycles. The molecule has 1 saturated heterocycles. The number of rotatable bonds is 2. The van der Waals surface area contributed by atoms with Crippen molar-refractivity contribution in [2.24, 2.45) is 5.41 Å². The second kappa shape index (κ2) is 4.75. The molecule has 1 aliphatic rings. The molecule has 19 heavy (non-hydrogen) atoms. The second-order valence-electron chi connectivity index (χ2n) is 5.81. The Balaban J connectivity index is 2.40. The van der Waals surface area contributed by atoms with E-state index < -0.39 is 12.0 Å². The molecule has 0 aromatic carbocycles. The monoisotopic (exact) mass is 264 g/mol. The lowest BCUT2D eigenvalue weighted by Crippen LogP contribution is -2.55. The van der Waals surface area contributed by atoms with Gasteiger partial charge in [-0.1, -0.05) is 13.8 Å². The number of anilines is 1. The molecule has 0 radical (unpaired) electrons. The summed E-state index contributed by atoms with van der Waals surface area (Å²) in [4.78, 5) is 17.7. The lowest BCUT2D eigenvalue weighted by atomic mass is 9.76. The molecule has 1 fully saturated rings. The number of carboxylic acids is 1. The molecule has 0 aliphatic carbocycles. The topological polar surface area (TPSA) is 79.2 Å². The third-order valence-corrected chi connectivity index (χ3v) is 3.84. The summed E-state index contributed by atoms with van der Waals surface area (Å²) in [6, 6.07) is -0.606. The van der Waals surface area contributed by atoms with Gasteiger partial charge in [0.2, 0.25) is 5.95 Å². The Hall–Kier alpha value is -1.72. The van der Waals surface area contributed by atoms with Gasteiger partial charge in [0.1, 0.15) is 6.04 Å². The molecular weight excluding hydrogens is 244 g/mol. The maximum Gasteiger partial charge on any atom is 0.326 e. The van der Waals surface area contributed by atoms with Gasteiger partial charge in [0.25, 0.3) is 0 Å². The minimum Gasteiger partial charge on any atom is -0.480 e. The number of aryl methyl sites for hydroxylation is 2. The highest BCUT2D eigenvalue weighted by Crippen LogP contribution is 2.36. The molecule has 0 saturated carbocycles. The van der Waals surface area contributed by atoms with Crippen LogP contribution in [-0.2, 0) is 4.79 Å². The van der Waals surface area contributed by atoms with E-state index in [9.17, 15) is 9.90 Å². The lowest BCUT2D eigenvalue weighted by Gasteiger charge is -2.43. The number of carboxylic acid groups (broad SMARTS) is 1. The first-order valence-electron chi connectivity index (χ1n) is 6.50. The Morgan fingerprint density at radius 3 is 2.58 bits per heavy atom. The Kier molecular flexibility index (Phi) is 3.43. The van der Waals surface area contributed by atoms with E-state index in [1.54, 1.807) is 4.90 Å². The van der Waals surface area contributed by atoms with Crippen LogP contribution in [0.15, 0.2) is 0 Å². The summed E-state index contributed by atoms with van der Waals surface area (Å²) in [5, 5.41) is 17.6. The van der Waals surface area contributed by atoms with Crippen molar-refractivity contribution in [2.75, 3.05) is 11.4 Å². The van der Waals surface area contributed by atoms with E-state index in [0.717, 1.165) is 24.2 Å². The summed E-state index contributed by atoms with van der Waals surface area (Å²) in [6.07, 6.45) is 1.83. The van der Waals surface area contributed by atoms with Crippen molar-refractivity contribution in [2.45, 2.75) is 46.6 Å². The van der Waals surface area contributed by atoms with Crippen molar-refractivity contribution in [3.63, 3.8) is 0 Å². The van der Waals surface area contributed by atoms with Gasteiger partial charge < -0.3 is 10.0 Å². The molecule has 6 heteroatoms. The van der Waals surface area contributed by atoms with Gasteiger partial charge in [-0.25, -0.2) is 9.78 Å². The van der Waals surface area contributed by atoms with Crippen molar-refractivity contribution in [1.29, 1.82) is 0 Å². The number of aliphatic carboxylic acids is 1. The van der Waals surface area contributed by atoms with Gasteiger partial charge in [0.15, 0.2) is 0 Å². The van der Waals surface area contributed by atoms with Crippen LogP contribution in [0.1, 0.15) is 38.1 Å². The van der Waals surface area contributed by atoms with E-state index in [2.05, 4.69) is 15.2 Å². The van der Waals surface area contributed by atoms with Gasteiger partial charge in [-0.05, 0) is 32.1 Å². The molecule has 0 spiro atoms. The molecule has 104 valence electrons. The molecule has 1 atom stereocenters. The van der Waals surface area contributed by atoms with Crippen LogP contribution in [0.3, 0.4) is 0 Å². The molecule has 0 bridgehead atoms. The second-order valence-corrected chi connectivity index (χ2v) is 5.81. The first kappa shape index (κ1) is 13.7. The minimum atomic E-state index is -0.827. The number of hydrogen-bond acceptors (Lipinski definition) is 5. The molecule has 2 rings (SSSR count). The van der Waals surface area contributed by atoms with Crippen LogP contribution in [0.25, 0.3) is 0 Å². The fourth-order valence-electron chi connectivity index (χ4n) is 2.64. The summed E-state index contributed by atoms with van der Waals surface area (Å²) in [5.74, 6) is -0.408. The Morgan fingerprint density at radius 2 is 2.00 bits per heavy atom. The Morgan fingerprint density at radius 1 is 1.32 bits per heavy atom. The van der Waals surface area contributed by atoms with Gasteiger partial charge in [0.05, 0.1) is 11.4 Å². The molecule has 6 nitrogen and oxygen atoms in total. The largest absolute Gasteiger partial charge is 0.480 e. The van der Waals surface area contributed by atoms with Crippen LogP contribution in [-0.4, -0.2) is 38.8 Å². The summed E-state index contributed by atoms with van der Waals surface area (Å²) in [7, 11) is 0. The zero-order valence-electron chi connectivity index (χ0n) is 11.8. The summed E-state index contributed by atoms with van der Waals surface area (Å²) in [5.41, 5.74) is 1.26. The number of carbonyl (C=O) groups is 1. The SMILES string of the molecule is Cc1nnc(N2CCCC(C)(C)C2C(=O)O)nc1C. The third-order valence-electron chi connectivity index (χ3n) is 3.84. The maximum atomic E-state index is 11.6. The highest BCUT2D eigenvalue weighted by molar-refractivity contribution is 5.78. The van der Waals surface area contributed by atoms with E-state index >= 15 is 0 Å².